The van der Waals surface area contributed by atoms with Crippen LogP contribution >= 0.6 is 0 Å². The molecule has 160 valence electrons. The maximum Gasteiger partial charge on any atom is 0.264 e. The lowest BCUT2D eigenvalue weighted by Gasteiger charge is -2.24. The van der Waals surface area contributed by atoms with Crippen LogP contribution in [-0.2, 0) is 14.6 Å². The molecule has 0 fully saturated rings. The fraction of sp³-hybridized carbons (Fsp3) is 0.238. The van der Waals surface area contributed by atoms with Crippen LogP contribution in [0.15, 0.2) is 62.6 Å². The quantitative estimate of drug-likeness (QED) is 0.501. The van der Waals surface area contributed by atoms with Gasteiger partial charge in [-0.25, -0.2) is 8.42 Å². The van der Waals surface area contributed by atoms with Gasteiger partial charge in [-0.1, -0.05) is 36.9 Å². The van der Waals surface area contributed by atoms with Crippen molar-refractivity contribution >= 4 is 33.1 Å². The minimum absolute atomic E-state index is 0.0112. The molecule has 0 saturated heterocycles. The number of hydrogen-bond acceptors (Lipinski definition) is 8. The number of methoxy groups -OCH3 is 1. The zero-order valence-electron chi connectivity index (χ0n) is 16.7. The molecule has 2 aliphatic rings. The van der Waals surface area contributed by atoms with Crippen LogP contribution in [0.5, 0.6) is 0 Å². The highest BCUT2D eigenvalue weighted by Gasteiger charge is 2.41. The van der Waals surface area contributed by atoms with Crippen molar-refractivity contribution in [1.29, 1.82) is 0 Å². The zero-order chi connectivity index (χ0) is 22.3. The van der Waals surface area contributed by atoms with E-state index >= 15 is 0 Å². The van der Waals surface area contributed by atoms with Crippen molar-refractivity contribution in [3.63, 3.8) is 0 Å². The van der Waals surface area contributed by atoms with Crippen LogP contribution in [0.2, 0.25) is 0 Å². The molecule has 2 heterocycles. The van der Waals surface area contributed by atoms with Gasteiger partial charge < -0.3 is 9.84 Å². The Kier molecular flexibility index (Phi) is 5.19. The van der Waals surface area contributed by atoms with Crippen LogP contribution in [-0.4, -0.2) is 44.9 Å². The van der Waals surface area contributed by atoms with Crippen LogP contribution in [0.1, 0.15) is 39.6 Å². The molecule has 2 aromatic carbocycles. The number of carbonyl (C=O) groups excluding carboxylic acids is 2. The largest absolute Gasteiger partial charge is 0.870 e. The number of imide groups is 1. The van der Waals surface area contributed by atoms with Crippen molar-refractivity contribution in [1.82, 2.24) is 4.90 Å². The van der Waals surface area contributed by atoms with E-state index in [0.29, 0.717) is 6.42 Å². The molecule has 0 bridgehead atoms. The van der Waals surface area contributed by atoms with E-state index in [1.165, 1.54) is 43.5 Å². The summed E-state index contributed by atoms with van der Waals surface area (Å²) >= 11 is 0. The van der Waals surface area contributed by atoms with Crippen molar-refractivity contribution in [3.8, 4) is 0 Å². The number of ether oxygens (including phenoxy) is 1. The van der Waals surface area contributed by atoms with Crippen molar-refractivity contribution in [2.24, 2.45) is 10.2 Å². The highest BCUT2D eigenvalue weighted by Crippen LogP contribution is 2.38. The molecule has 9 nitrogen and oxygen atoms in total. The Balaban J connectivity index is 1.75. The lowest BCUT2D eigenvalue weighted by molar-refractivity contribution is -0.244. The van der Waals surface area contributed by atoms with Crippen LogP contribution in [0.3, 0.4) is 0 Å². The summed E-state index contributed by atoms with van der Waals surface area (Å²) in [6, 6.07) is 9.79. The molecule has 2 amide bonds. The van der Waals surface area contributed by atoms with Gasteiger partial charge in [-0.2, -0.15) is 0 Å². The first-order chi connectivity index (χ1) is 14.8. The first kappa shape index (κ1) is 20.9. The molecule has 0 spiro atoms. The highest BCUT2D eigenvalue weighted by atomic mass is 32.2. The Hall–Kier alpha value is -3.37. The molecule has 2 aromatic rings. The van der Waals surface area contributed by atoms with E-state index in [1.807, 2.05) is 6.92 Å². The molecule has 4 rings (SSSR count). The number of hydrogen-bond donors (Lipinski definition) is 0. The van der Waals surface area contributed by atoms with Gasteiger partial charge in [-0.3, -0.25) is 14.5 Å². The minimum atomic E-state index is -4.11. The Bertz CT molecular complexity index is 1270. The molecule has 0 N–H and O–H groups in total. The third-order valence-corrected chi connectivity index (χ3v) is 6.95. The molecular weight excluding hydrogens is 422 g/mol. The third-order valence-electron chi connectivity index (χ3n) is 5.24. The minimum Gasteiger partial charge on any atom is -0.870 e. The fourth-order valence-corrected chi connectivity index (χ4v) is 5.11. The SMILES string of the molecule is CCC(COC)N1C(=O)c2cccc(N=NC3=C([O-])c4ccccc4S3(=O)=O)c2C1=O. The monoisotopic (exact) mass is 440 g/mol. The molecule has 31 heavy (non-hydrogen) atoms. The fourth-order valence-electron chi connectivity index (χ4n) is 3.70. The molecular formula is C21H18N3O6S-. The van der Waals surface area contributed by atoms with Crippen LogP contribution in [0, 0.1) is 0 Å². The van der Waals surface area contributed by atoms with Crippen LogP contribution in [0.4, 0.5) is 5.69 Å². The summed E-state index contributed by atoms with van der Waals surface area (Å²) in [6.07, 6.45) is 0.499. The topological polar surface area (TPSA) is 129 Å². The van der Waals surface area contributed by atoms with Gasteiger partial charge in [-0.15, -0.1) is 10.2 Å². The number of carbonyl (C=O) groups is 2. The number of rotatable bonds is 6. The number of sulfone groups is 1. The number of nitrogens with zero attached hydrogens (tertiary/aromatic N) is 3. The first-order valence-electron chi connectivity index (χ1n) is 9.50. The molecule has 0 aliphatic carbocycles. The van der Waals surface area contributed by atoms with E-state index in [1.54, 1.807) is 6.07 Å². The summed E-state index contributed by atoms with van der Waals surface area (Å²) in [5.41, 5.74) is 0.200. The number of fused-ring (bicyclic) bond motifs is 2. The predicted molar refractivity (Wildman–Crippen MR) is 108 cm³/mol. The standard InChI is InChI=1S/C21H19N3O6S/c1-3-12(11-30-2)24-20(26)14-8-6-9-15(17(14)21(24)27)22-23-19-18(25)13-7-4-5-10-16(13)31(19,28)29/h4-10,12,25H,3,11H2,1-2H3/p-1. The van der Waals surface area contributed by atoms with Gasteiger partial charge in [0.1, 0.15) is 0 Å². The Morgan fingerprint density at radius 3 is 2.42 bits per heavy atom. The van der Waals surface area contributed by atoms with Gasteiger partial charge in [0.2, 0.25) is 9.84 Å². The average Bonchev–Trinajstić information content (AvgIpc) is 3.13. The van der Waals surface area contributed by atoms with Gasteiger partial charge in [0.25, 0.3) is 11.8 Å². The average molecular weight is 440 g/mol. The van der Waals surface area contributed by atoms with Crippen molar-refractivity contribution in [2.45, 2.75) is 24.3 Å². The summed E-state index contributed by atoms with van der Waals surface area (Å²) < 4.78 is 30.4. The van der Waals surface area contributed by atoms with E-state index < -0.39 is 38.5 Å². The number of benzene rings is 2. The van der Waals surface area contributed by atoms with Crippen LogP contribution in [0.25, 0.3) is 5.76 Å². The summed E-state index contributed by atoms with van der Waals surface area (Å²) in [6.45, 7) is 2.01. The van der Waals surface area contributed by atoms with Gasteiger partial charge in [-0.05, 0) is 30.2 Å². The molecule has 1 unspecified atom stereocenters. The van der Waals surface area contributed by atoms with E-state index in [4.69, 9.17) is 4.74 Å². The number of amides is 2. The van der Waals surface area contributed by atoms with Crippen LogP contribution < -0.4 is 5.11 Å². The summed E-state index contributed by atoms with van der Waals surface area (Å²) in [5.74, 6) is -1.81. The van der Waals surface area contributed by atoms with Gasteiger partial charge in [0, 0.05) is 7.11 Å². The third kappa shape index (κ3) is 3.15. The Morgan fingerprint density at radius 1 is 1.03 bits per heavy atom. The molecule has 0 saturated carbocycles. The number of azo groups is 1. The van der Waals surface area contributed by atoms with E-state index in [2.05, 4.69) is 10.2 Å². The lowest BCUT2D eigenvalue weighted by Crippen LogP contribution is -2.42. The Labute approximate surface area is 178 Å². The summed E-state index contributed by atoms with van der Waals surface area (Å²) in [7, 11) is -2.63. The summed E-state index contributed by atoms with van der Waals surface area (Å²) in [4.78, 5) is 26.8. The summed E-state index contributed by atoms with van der Waals surface area (Å²) in [5, 5.41) is 19.4. The maximum atomic E-state index is 13.0. The predicted octanol–water partition coefficient (Wildman–Crippen LogP) is 2.27. The van der Waals surface area contributed by atoms with E-state index in [0.717, 1.165) is 4.90 Å². The van der Waals surface area contributed by atoms with Gasteiger partial charge in [0.05, 0.1) is 34.4 Å². The molecule has 1 atom stereocenters. The zero-order valence-corrected chi connectivity index (χ0v) is 17.5. The highest BCUT2D eigenvalue weighted by molar-refractivity contribution is 7.95. The van der Waals surface area contributed by atoms with E-state index in [9.17, 15) is 23.1 Å². The van der Waals surface area contributed by atoms with Crippen molar-refractivity contribution < 1.29 is 27.9 Å². The van der Waals surface area contributed by atoms with E-state index in [-0.39, 0.29) is 33.9 Å². The lowest BCUT2D eigenvalue weighted by atomic mass is 10.1. The van der Waals surface area contributed by atoms with Crippen molar-refractivity contribution in [3.05, 3.63) is 64.2 Å². The van der Waals surface area contributed by atoms with Gasteiger partial charge >= 0.3 is 0 Å². The second-order valence-corrected chi connectivity index (χ2v) is 8.86. The molecule has 0 radical (unpaired) electrons. The smallest absolute Gasteiger partial charge is 0.264 e. The van der Waals surface area contributed by atoms with Crippen molar-refractivity contribution in [2.75, 3.05) is 13.7 Å². The van der Waals surface area contributed by atoms with Gasteiger partial charge in [0.15, 0.2) is 5.03 Å². The normalized spacial score (nSPS) is 18.1. The molecule has 10 heteroatoms. The maximum absolute atomic E-state index is 13.0. The second-order valence-electron chi connectivity index (χ2n) is 7.03. The second kappa shape index (κ2) is 7.71. The molecule has 2 aliphatic heterocycles. The first-order valence-corrected chi connectivity index (χ1v) is 11.0. The Morgan fingerprint density at radius 2 is 1.74 bits per heavy atom. The molecule has 0 aromatic heterocycles.